The zero-order valence-corrected chi connectivity index (χ0v) is 25.0. The highest BCUT2D eigenvalue weighted by molar-refractivity contribution is 7.10. The molecule has 5 aromatic rings. The number of nitrogens with zero attached hydrogens (tertiary/aromatic N) is 2. The number of alkyl halides is 3. The Bertz CT molecular complexity index is 2070. The van der Waals surface area contributed by atoms with Crippen LogP contribution in [-0.4, -0.2) is 10.5 Å². The number of rotatable bonds is 7. The van der Waals surface area contributed by atoms with Gasteiger partial charge in [-0.15, -0.1) is 11.3 Å². The van der Waals surface area contributed by atoms with Crippen molar-refractivity contribution >= 4 is 40.3 Å². The van der Waals surface area contributed by atoms with E-state index in [9.17, 15) is 22.8 Å². The summed E-state index contributed by atoms with van der Waals surface area (Å²) < 4.78 is 52.2. The molecule has 2 aromatic carbocycles. The molecule has 1 atom stereocenters. The Hall–Kier alpha value is -4.68. The maximum Gasteiger partial charge on any atom is 0.416 e. The van der Waals surface area contributed by atoms with Gasteiger partial charge in [0.1, 0.15) is 29.9 Å². The number of amides is 1. The van der Waals surface area contributed by atoms with Gasteiger partial charge in [-0.1, -0.05) is 41.7 Å². The summed E-state index contributed by atoms with van der Waals surface area (Å²) in [5.41, 5.74) is 1.32. The molecule has 0 saturated carbocycles. The number of furan rings is 1. The number of benzene rings is 2. The molecule has 12 heteroatoms. The second-order valence-corrected chi connectivity index (χ2v) is 12.0. The molecule has 0 unspecified atom stereocenters. The standard InChI is InChI=1S/C32H24F3N3O4S2/c1-18-7-3-4-10-24(18)37-29(39)27-19(2)36-31-38(28(27)25-11-6-14-43-25)30(40)26(44-31)16-22-12-13-23(42-22)17-41-21-9-5-8-20(15-21)32(33,34)35/h3-16,28H,17H2,1-2H3,(H,37,39)/b26-16+/t28-/m0/s1. The number of thiazole rings is 1. The molecule has 6 rings (SSSR count). The molecule has 7 nitrogen and oxygen atoms in total. The van der Waals surface area contributed by atoms with E-state index in [1.165, 1.54) is 39.4 Å². The number of carbonyl (C=O) groups excluding carboxylic acids is 1. The molecule has 0 spiro atoms. The first-order valence-electron chi connectivity index (χ1n) is 13.4. The van der Waals surface area contributed by atoms with Crippen molar-refractivity contribution in [2.75, 3.05) is 5.32 Å². The average molecular weight is 636 g/mol. The van der Waals surface area contributed by atoms with Crippen molar-refractivity contribution in [3.05, 3.63) is 137 Å². The van der Waals surface area contributed by atoms with Crippen LogP contribution in [0.15, 0.2) is 104 Å². The monoisotopic (exact) mass is 635 g/mol. The third-order valence-corrected chi connectivity index (χ3v) is 8.88. The number of ether oxygens (including phenoxy) is 1. The van der Waals surface area contributed by atoms with E-state index in [0.717, 1.165) is 22.6 Å². The molecule has 1 aliphatic rings. The number of carbonyl (C=O) groups is 1. The van der Waals surface area contributed by atoms with Crippen molar-refractivity contribution in [1.82, 2.24) is 4.57 Å². The van der Waals surface area contributed by atoms with Crippen LogP contribution < -0.4 is 24.9 Å². The first-order valence-corrected chi connectivity index (χ1v) is 15.1. The summed E-state index contributed by atoms with van der Waals surface area (Å²) in [5.74, 6) is 0.435. The molecule has 1 aliphatic heterocycles. The fraction of sp³-hybridized carbons (Fsp3) is 0.156. The predicted molar refractivity (Wildman–Crippen MR) is 162 cm³/mol. The van der Waals surface area contributed by atoms with Crippen LogP contribution in [0.5, 0.6) is 5.75 Å². The second kappa shape index (κ2) is 11.8. The maximum atomic E-state index is 13.8. The summed E-state index contributed by atoms with van der Waals surface area (Å²) in [6.07, 6.45) is -2.90. The summed E-state index contributed by atoms with van der Waals surface area (Å²) in [4.78, 5) is 33.4. The Morgan fingerprint density at radius 2 is 1.91 bits per heavy atom. The van der Waals surface area contributed by atoms with E-state index < -0.39 is 17.8 Å². The molecule has 0 fully saturated rings. The average Bonchev–Trinajstić information content (AvgIpc) is 3.74. The van der Waals surface area contributed by atoms with Gasteiger partial charge in [-0.3, -0.25) is 14.2 Å². The van der Waals surface area contributed by atoms with Gasteiger partial charge >= 0.3 is 6.18 Å². The summed E-state index contributed by atoms with van der Waals surface area (Å²) in [5, 5.41) is 4.87. The molecule has 1 N–H and O–H groups in total. The maximum absolute atomic E-state index is 13.8. The van der Waals surface area contributed by atoms with Crippen LogP contribution in [0.4, 0.5) is 18.9 Å². The van der Waals surface area contributed by atoms with Crippen LogP contribution in [0.3, 0.4) is 0 Å². The molecule has 0 radical (unpaired) electrons. The van der Waals surface area contributed by atoms with E-state index in [1.807, 2.05) is 48.7 Å². The van der Waals surface area contributed by atoms with Crippen LogP contribution in [0.2, 0.25) is 0 Å². The summed E-state index contributed by atoms with van der Waals surface area (Å²) in [6, 6.07) is 18.4. The molecule has 0 saturated heterocycles. The van der Waals surface area contributed by atoms with Gasteiger partial charge in [0, 0.05) is 16.6 Å². The highest BCUT2D eigenvalue weighted by atomic mass is 32.1. The minimum absolute atomic E-state index is 0.0531. The van der Waals surface area contributed by atoms with Crippen molar-refractivity contribution in [2.24, 2.45) is 4.99 Å². The van der Waals surface area contributed by atoms with Gasteiger partial charge in [0.2, 0.25) is 0 Å². The van der Waals surface area contributed by atoms with Gasteiger partial charge in [0.25, 0.3) is 11.5 Å². The van der Waals surface area contributed by atoms with E-state index in [-0.39, 0.29) is 23.8 Å². The first-order chi connectivity index (χ1) is 21.1. The third kappa shape index (κ3) is 5.90. The van der Waals surface area contributed by atoms with Gasteiger partial charge in [-0.25, -0.2) is 4.99 Å². The number of thiophene rings is 1. The molecule has 4 heterocycles. The SMILES string of the molecule is CC1=C(C(=O)Nc2ccccc2C)[C@H](c2cccs2)n2c(s/c(=C/c3ccc(COc4cccc(C(F)(F)F)c4)o3)c2=O)=N1. The summed E-state index contributed by atoms with van der Waals surface area (Å²) in [6.45, 7) is 3.56. The molecule has 0 bridgehead atoms. The van der Waals surface area contributed by atoms with Crippen LogP contribution >= 0.6 is 22.7 Å². The number of fused-ring (bicyclic) bond motifs is 1. The van der Waals surface area contributed by atoms with Gasteiger partial charge in [0.15, 0.2) is 4.80 Å². The number of halogens is 3. The normalized spacial score (nSPS) is 15.2. The Morgan fingerprint density at radius 3 is 2.66 bits per heavy atom. The fourth-order valence-electron chi connectivity index (χ4n) is 4.83. The van der Waals surface area contributed by atoms with Gasteiger partial charge in [0.05, 0.1) is 21.4 Å². The Kier molecular flexibility index (Phi) is 7.87. The van der Waals surface area contributed by atoms with E-state index in [0.29, 0.717) is 37.8 Å². The lowest BCUT2D eigenvalue weighted by atomic mass is 10.0. The van der Waals surface area contributed by atoms with E-state index >= 15 is 0 Å². The minimum atomic E-state index is -4.48. The van der Waals surface area contributed by atoms with Crippen molar-refractivity contribution in [2.45, 2.75) is 32.7 Å². The predicted octanol–water partition coefficient (Wildman–Crippen LogP) is 6.43. The molecule has 0 aliphatic carbocycles. The van der Waals surface area contributed by atoms with Crippen molar-refractivity contribution in [1.29, 1.82) is 0 Å². The molecule has 3 aromatic heterocycles. The minimum Gasteiger partial charge on any atom is -0.486 e. The lowest BCUT2D eigenvalue weighted by molar-refractivity contribution is -0.137. The Labute approximate surface area is 256 Å². The number of hydrogen-bond acceptors (Lipinski definition) is 7. The van der Waals surface area contributed by atoms with Crippen molar-refractivity contribution < 1.29 is 27.1 Å². The quantitative estimate of drug-likeness (QED) is 0.223. The van der Waals surface area contributed by atoms with E-state index in [2.05, 4.69) is 10.3 Å². The summed E-state index contributed by atoms with van der Waals surface area (Å²) >= 11 is 2.62. The second-order valence-electron chi connectivity index (χ2n) is 9.98. The number of para-hydroxylation sites is 1. The number of allylic oxidation sites excluding steroid dienone is 1. The van der Waals surface area contributed by atoms with Gasteiger partial charge in [-0.05, 0) is 67.3 Å². The van der Waals surface area contributed by atoms with Crippen molar-refractivity contribution in [3.8, 4) is 5.75 Å². The zero-order chi connectivity index (χ0) is 31.0. The summed E-state index contributed by atoms with van der Waals surface area (Å²) in [7, 11) is 0. The third-order valence-electron chi connectivity index (χ3n) is 6.97. The number of anilines is 1. The lowest BCUT2D eigenvalue weighted by Crippen LogP contribution is -2.40. The molecular weight excluding hydrogens is 611 g/mol. The molecular formula is C32H24F3N3O4S2. The first kappa shape index (κ1) is 29.4. The van der Waals surface area contributed by atoms with Crippen LogP contribution in [0.25, 0.3) is 6.08 Å². The van der Waals surface area contributed by atoms with Gasteiger partial charge in [-0.2, -0.15) is 13.2 Å². The largest absolute Gasteiger partial charge is 0.486 e. The highest BCUT2D eigenvalue weighted by Gasteiger charge is 2.33. The topological polar surface area (TPSA) is 85.8 Å². The van der Waals surface area contributed by atoms with Crippen LogP contribution in [-0.2, 0) is 17.6 Å². The fourth-order valence-corrected chi connectivity index (χ4v) is 6.68. The number of aryl methyl sites for hydroxylation is 1. The van der Waals surface area contributed by atoms with Crippen LogP contribution in [0, 0.1) is 6.92 Å². The number of hydrogen-bond donors (Lipinski definition) is 1. The number of nitrogens with one attached hydrogen (secondary N) is 1. The highest BCUT2D eigenvalue weighted by Crippen LogP contribution is 2.34. The zero-order valence-electron chi connectivity index (χ0n) is 23.3. The van der Waals surface area contributed by atoms with Crippen LogP contribution in [0.1, 0.15) is 40.5 Å². The van der Waals surface area contributed by atoms with E-state index in [1.54, 1.807) is 25.1 Å². The lowest BCUT2D eigenvalue weighted by Gasteiger charge is -2.24. The van der Waals surface area contributed by atoms with E-state index in [4.69, 9.17) is 9.15 Å². The smallest absolute Gasteiger partial charge is 0.416 e. The molecule has 1 amide bonds. The molecule has 224 valence electrons. The van der Waals surface area contributed by atoms with Crippen molar-refractivity contribution in [3.63, 3.8) is 0 Å². The Balaban J connectivity index is 1.30. The Morgan fingerprint density at radius 1 is 1.09 bits per heavy atom. The molecule has 44 heavy (non-hydrogen) atoms. The number of aromatic nitrogens is 1. The van der Waals surface area contributed by atoms with Gasteiger partial charge < -0.3 is 14.5 Å².